The molecule has 0 aliphatic carbocycles. The van der Waals surface area contributed by atoms with E-state index in [1.165, 1.54) is 6.26 Å². The molecular formula is C20H20N2O5. The van der Waals surface area contributed by atoms with E-state index in [0.29, 0.717) is 50.7 Å². The molecule has 1 saturated heterocycles. The zero-order chi connectivity index (χ0) is 18.4. The van der Waals surface area contributed by atoms with Crippen LogP contribution in [-0.2, 0) is 12.8 Å². The predicted octanol–water partition coefficient (Wildman–Crippen LogP) is 1.75. The smallest absolute Gasteiger partial charge is 0.289 e. The molecule has 0 saturated carbocycles. The first kappa shape index (κ1) is 16.2. The lowest BCUT2D eigenvalue weighted by atomic mass is 9.98. The van der Waals surface area contributed by atoms with Crippen LogP contribution in [0.5, 0.6) is 11.5 Å². The van der Waals surface area contributed by atoms with E-state index in [9.17, 15) is 9.59 Å². The van der Waals surface area contributed by atoms with E-state index in [-0.39, 0.29) is 11.8 Å². The van der Waals surface area contributed by atoms with Gasteiger partial charge >= 0.3 is 0 Å². The number of nitrogens with zero attached hydrogens (tertiary/aromatic N) is 2. The van der Waals surface area contributed by atoms with Gasteiger partial charge in [-0.25, -0.2) is 0 Å². The topological polar surface area (TPSA) is 72.2 Å². The lowest BCUT2D eigenvalue weighted by molar-refractivity contribution is 0.0516. The Balaban J connectivity index is 1.36. The lowest BCUT2D eigenvalue weighted by Gasteiger charge is -2.34. The molecule has 1 aromatic heterocycles. The minimum Gasteiger partial charge on any atom is -0.493 e. The molecular weight excluding hydrogens is 348 g/mol. The number of rotatable bonds is 2. The second kappa shape index (κ2) is 6.33. The summed E-state index contributed by atoms with van der Waals surface area (Å²) in [5.74, 6) is 1.71. The molecule has 0 unspecified atom stereocenters. The van der Waals surface area contributed by atoms with Crippen LogP contribution in [0.2, 0.25) is 0 Å². The fraction of sp³-hybridized carbons (Fsp3) is 0.400. The Morgan fingerprint density at radius 1 is 0.926 bits per heavy atom. The molecule has 0 spiro atoms. The van der Waals surface area contributed by atoms with Crippen molar-refractivity contribution in [2.75, 3.05) is 39.4 Å². The number of hydrogen-bond donors (Lipinski definition) is 0. The van der Waals surface area contributed by atoms with Gasteiger partial charge in [0.25, 0.3) is 11.8 Å². The maximum absolute atomic E-state index is 13.3. The van der Waals surface area contributed by atoms with Crippen LogP contribution in [0.25, 0.3) is 0 Å². The van der Waals surface area contributed by atoms with Crippen molar-refractivity contribution in [2.24, 2.45) is 0 Å². The first-order valence-corrected chi connectivity index (χ1v) is 9.29. The molecule has 7 heteroatoms. The number of hydrogen-bond acceptors (Lipinski definition) is 5. The van der Waals surface area contributed by atoms with Gasteiger partial charge in [0.2, 0.25) is 0 Å². The van der Waals surface area contributed by atoms with Crippen LogP contribution in [0, 0.1) is 0 Å². The number of ether oxygens (including phenoxy) is 2. The molecule has 7 nitrogen and oxygen atoms in total. The first-order chi connectivity index (χ1) is 13.2. The Morgan fingerprint density at radius 3 is 2.41 bits per heavy atom. The van der Waals surface area contributed by atoms with E-state index in [2.05, 4.69) is 0 Å². The Hall–Kier alpha value is -2.96. The molecule has 1 fully saturated rings. The van der Waals surface area contributed by atoms with Crippen LogP contribution >= 0.6 is 0 Å². The van der Waals surface area contributed by atoms with E-state index < -0.39 is 0 Å². The van der Waals surface area contributed by atoms with E-state index in [4.69, 9.17) is 13.9 Å². The Morgan fingerprint density at radius 2 is 1.67 bits per heavy atom. The summed E-state index contributed by atoms with van der Waals surface area (Å²) in [6, 6.07) is 5.38. The average molecular weight is 368 g/mol. The molecule has 0 N–H and O–H groups in total. The summed E-state index contributed by atoms with van der Waals surface area (Å²) >= 11 is 0. The largest absolute Gasteiger partial charge is 0.493 e. The van der Waals surface area contributed by atoms with E-state index in [1.807, 2.05) is 11.0 Å². The van der Waals surface area contributed by atoms with Crippen LogP contribution in [0.15, 0.2) is 28.9 Å². The van der Waals surface area contributed by atoms with Gasteiger partial charge in [0, 0.05) is 50.1 Å². The number of furan rings is 1. The Bertz CT molecular complexity index is 865. The quantitative estimate of drug-likeness (QED) is 0.808. The summed E-state index contributed by atoms with van der Waals surface area (Å²) in [7, 11) is 0. The number of carbonyl (C=O) groups is 2. The molecule has 3 aliphatic heterocycles. The summed E-state index contributed by atoms with van der Waals surface area (Å²) in [4.78, 5) is 29.2. The lowest BCUT2D eigenvalue weighted by Crippen LogP contribution is -2.50. The van der Waals surface area contributed by atoms with Gasteiger partial charge < -0.3 is 23.7 Å². The SMILES string of the molecule is O=C(c1ccco1)N1CCN(C(=O)c2c3c(cc4c2OCC4)OCC3)CC1. The van der Waals surface area contributed by atoms with Gasteiger partial charge in [-0.2, -0.15) is 0 Å². The van der Waals surface area contributed by atoms with E-state index >= 15 is 0 Å². The highest BCUT2D eigenvalue weighted by atomic mass is 16.5. The maximum Gasteiger partial charge on any atom is 0.289 e. The summed E-state index contributed by atoms with van der Waals surface area (Å²) in [5, 5.41) is 0. The third kappa shape index (κ3) is 2.65. The zero-order valence-electron chi connectivity index (χ0n) is 14.9. The Labute approximate surface area is 156 Å². The molecule has 0 bridgehead atoms. The van der Waals surface area contributed by atoms with Crippen molar-refractivity contribution < 1.29 is 23.5 Å². The highest BCUT2D eigenvalue weighted by Gasteiger charge is 2.34. The van der Waals surface area contributed by atoms with Crippen molar-refractivity contribution in [3.05, 3.63) is 46.9 Å². The van der Waals surface area contributed by atoms with Crippen molar-refractivity contribution >= 4 is 11.8 Å². The van der Waals surface area contributed by atoms with Crippen molar-refractivity contribution in [3.8, 4) is 11.5 Å². The van der Waals surface area contributed by atoms with Crippen molar-refractivity contribution in [1.29, 1.82) is 0 Å². The third-order valence-corrected chi connectivity index (χ3v) is 5.45. The van der Waals surface area contributed by atoms with Crippen LogP contribution in [0.3, 0.4) is 0 Å². The van der Waals surface area contributed by atoms with Crippen LogP contribution in [0.1, 0.15) is 32.0 Å². The minimum atomic E-state index is -0.134. The molecule has 5 rings (SSSR count). The molecule has 3 aliphatic rings. The zero-order valence-corrected chi connectivity index (χ0v) is 14.9. The Kier molecular flexibility index (Phi) is 3.81. The van der Waals surface area contributed by atoms with E-state index in [0.717, 1.165) is 35.5 Å². The molecule has 2 aromatic rings. The standard InChI is InChI=1S/C20H20N2O5/c23-19(15-2-1-9-25-15)21-5-7-22(8-6-21)20(24)17-14-4-11-26-16(14)12-13-3-10-27-18(13)17/h1-2,9,12H,3-8,10-11H2. The van der Waals surface area contributed by atoms with Crippen LogP contribution in [0.4, 0.5) is 0 Å². The van der Waals surface area contributed by atoms with Crippen molar-refractivity contribution in [3.63, 3.8) is 0 Å². The number of benzene rings is 1. The summed E-state index contributed by atoms with van der Waals surface area (Å²) in [5.41, 5.74) is 2.66. The molecule has 27 heavy (non-hydrogen) atoms. The molecule has 1 aromatic carbocycles. The number of piperazine rings is 1. The maximum atomic E-state index is 13.3. The summed E-state index contributed by atoms with van der Waals surface area (Å²) < 4.78 is 16.7. The molecule has 0 radical (unpaired) electrons. The molecule has 2 amide bonds. The predicted molar refractivity (Wildman–Crippen MR) is 95.4 cm³/mol. The van der Waals surface area contributed by atoms with Crippen molar-refractivity contribution in [2.45, 2.75) is 12.8 Å². The normalized spacial score (nSPS) is 17.9. The van der Waals surface area contributed by atoms with Gasteiger partial charge in [-0.3, -0.25) is 9.59 Å². The van der Waals surface area contributed by atoms with Gasteiger partial charge in [-0.15, -0.1) is 0 Å². The number of fused-ring (bicyclic) bond motifs is 2. The number of carbonyl (C=O) groups excluding carboxylic acids is 2. The fourth-order valence-corrected chi connectivity index (χ4v) is 4.04. The summed E-state index contributed by atoms with van der Waals surface area (Å²) in [6.07, 6.45) is 3.02. The van der Waals surface area contributed by atoms with Gasteiger partial charge in [-0.05, 0) is 18.2 Å². The first-order valence-electron chi connectivity index (χ1n) is 9.29. The summed E-state index contributed by atoms with van der Waals surface area (Å²) in [6.45, 7) is 3.16. The third-order valence-electron chi connectivity index (χ3n) is 5.45. The average Bonchev–Trinajstić information content (AvgIpc) is 3.46. The highest BCUT2D eigenvalue weighted by molar-refractivity contribution is 6.00. The molecule has 140 valence electrons. The molecule has 0 atom stereocenters. The monoisotopic (exact) mass is 368 g/mol. The van der Waals surface area contributed by atoms with Gasteiger partial charge in [0.1, 0.15) is 11.5 Å². The second-order valence-electron chi connectivity index (χ2n) is 6.98. The van der Waals surface area contributed by atoms with E-state index in [1.54, 1.807) is 17.0 Å². The van der Waals surface area contributed by atoms with Gasteiger partial charge in [0.05, 0.1) is 25.0 Å². The molecule has 4 heterocycles. The number of amides is 2. The fourth-order valence-electron chi connectivity index (χ4n) is 4.04. The highest BCUT2D eigenvalue weighted by Crippen LogP contribution is 2.41. The van der Waals surface area contributed by atoms with Crippen LogP contribution < -0.4 is 9.47 Å². The van der Waals surface area contributed by atoms with Gasteiger partial charge in [0.15, 0.2) is 5.76 Å². The second-order valence-corrected chi connectivity index (χ2v) is 6.98. The van der Waals surface area contributed by atoms with Gasteiger partial charge in [-0.1, -0.05) is 0 Å². The minimum absolute atomic E-state index is 0.0272. The van der Waals surface area contributed by atoms with Crippen molar-refractivity contribution in [1.82, 2.24) is 9.80 Å². The van der Waals surface area contributed by atoms with Crippen LogP contribution in [-0.4, -0.2) is 61.0 Å².